The number of esters is 1. The molecule has 0 spiro atoms. The largest absolute Gasteiger partial charge is 0.472 e. The molecule has 0 aromatic heterocycles. The lowest BCUT2D eigenvalue weighted by Gasteiger charge is -2.24. The molecule has 0 bridgehead atoms. The van der Waals surface area contributed by atoms with Crippen molar-refractivity contribution < 1.29 is 37.3 Å². The number of hydrogen-bond acceptors (Lipinski definition) is 6. The number of hydrogen-bond donors (Lipinski definition) is 1. The molecule has 53 heavy (non-hydrogen) atoms. The molecule has 0 aliphatic heterocycles. The van der Waals surface area contributed by atoms with Crippen molar-refractivity contribution in [3.05, 3.63) is 60.8 Å². The van der Waals surface area contributed by atoms with Crippen LogP contribution in [0.25, 0.3) is 0 Å². The number of ether oxygens (including phenoxy) is 2. The minimum absolute atomic E-state index is 0.0815. The minimum atomic E-state index is -4.28. The SMILES string of the molecule is CC/C=C\C/C=C\C/C=C\C/C=C\C/C=C\CCCCCCOCC(COP(=O)(O)OCC[N+](C)(C)C)OC(=O)CCCCCCCCCCCCC. The summed E-state index contributed by atoms with van der Waals surface area (Å²) < 4.78 is 34.9. The van der Waals surface area contributed by atoms with Crippen molar-refractivity contribution in [2.45, 2.75) is 161 Å². The monoisotopic (exact) mass is 767 g/mol. The van der Waals surface area contributed by atoms with Crippen molar-refractivity contribution in [2.75, 3.05) is 54.1 Å². The van der Waals surface area contributed by atoms with Crippen LogP contribution in [0.15, 0.2) is 60.8 Å². The second-order valence-electron chi connectivity index (χ2n) is 15.0. The molecule has 0 fully saturated rings. The number of phosphoric acid groups is 1. The highest BCUT2D eigenvalue weighted by Gasteiger charge is 2.26. The molecule has 0 amide bonds. The van der Waals surface area contributed by atoms with E-state index in [2.05, 4.69) is 74.6 Å². The number of carbonyl (C=O) groups is 1. The zero-order valence-corrected chi connectivity index (χ0v) is 35.6. The van der Waals surface area contributed by atoms with Crippen LogP contribution in [0.3, 0.4) is 0 Å². The Kier molecular flexibility index (Phi) is 35.9. The van der Waals surface area contributed by atoms with Gasteiger partial charge in [0.1, 0.15) is 19.3 Å². The Morgan fingerprint density at radius 2 is 1.09 bits per heavy atom. The lowest BCUT2D eigenvalue weighted by atomic mass is 10.1. The Hall–Kier alpha value is -1.80. The second-order valence-corrected chi connectivity index (χ2v) is 16.4. The van der Waals surface area contributed by atoms with E-state index in [1.807, 2.05) is 21.1 Å². The van der Waals surface area contributed by atoms with Gasteiger partial charge in [-0.25, -0.2) is 4.57 Å². The van der Waals surface area contributed by atoms with E-state index >= 15 is 0 Å². The highest BCUT2D eigenvalue weighted by Crippen LogP contribution is 2.43. The summed E-state index contributed by atoms with van der Waals surface area (Å²) in [6.07, 6.45) is 45.4. The predicted octanol–water partition coefficient (Wildman–Crippen LogP) is 12.2. The Bertz CT molecular complexity index is 1030. The maximum absolute atomic E-state index is 12.6. The molecule has 8 nitrogen and oxygen atoms in total. The van der Waals surface area contributed by atoms with Crippen LogP contribution in [0.2, 0.25) is 0 Å². The van der Waals surface area contributed by atoms with Gasteiger partial charge in [-0.15, -0.1) is 0 Å². The van der Waals surface area contributed by atoms with Crippen LogP contribution >= 0.6 is 7.82 Å². The Morgan fingerprint density at radius 3 is 1.64 bits per heavy atom. The first-order valence-electron chi connectivity index (χ1n) is 21.0. The lowest BCUT2D eigenvalue weighted by molar-refractivity contribution is -0.870. The molecule has 0 aliphatic carbocycles. The molecule has 0 aliphatic rings. The van der Waals surface area contributed by atoms with Crippen molar-refractivity contribution in [1.29, 1.82) is 0 Å². The van der Waals surface area contributed by atoms with E-state index in [1.165, 1.54) is 51.4 Å². The van der Waals surface area contributed by atoms with Gasteiger partial charge in [0.05, 0.1) is 34.4 Å². The molecule has 2 unspecified atom stereocenters. The molecule has 308 valence electrons. The summed E-state index contributed by atoms with van der Waals surface area (Å²) in [5, 5.41) is 0. The van der Waals surface area contributed by atoms with Crippen molar-refractivity contribution in [2.24, 2.45) is 0 Å². The van der Waals surface area contributed by atoms with E-state index < -0.39 is 13.9 Å². The molecule has 0 radical (unpaired) electrons. The zero-order valence-electron chi connectivity index (χ0n) is 34.7. The van der Waals surface area contributed by atoms with Gasteiger partial charge in [-0.05, 0) is 57.8 Å². The van der Waals surface area contributed by atoms with Gasteiger partial charge in [-0.2, -0.15) is 0 Å². The number of quaternary nitrogens is 1. The summed E-state index contributed by atoms with van der Waals surface area (Å²) in [5.41, 5.74) is 0. The third-order valence-electron chi connectivity index (χ3n) is 8.59. The zero-order chi connectivity index (χ0) is 39.1. The molecular formula is C44H81NO7P+. The van der Waals surface area contributed by atoms with E-state index in [4.69, 9.17) is 18.5 Å². The highest BCUT2D eigenvalue weighted by atomic mass is 31.2. The number of phosphoric ester groups is 1. The second kappa shape index (κ2) is 37.1. The predicted molar refractivity (Wildman–Crippen MR) is 224 cm³/mol. The first kappa shape index (κ1) is 51.2. The topological polar surface area (TPSA) is 91.3 Å². The van der Waals surface area contributed by atoms with Crippen LogP contribution < -0.4 is 0 Å². The quantitative estimate of drug-likeness (QED) is 0.0220. The molecule has 9 heteroatoms. The number of carbonyl (C=O) groups excluding carboxylic acids is 1. The van der Waals surface area contributed by atoms with Gasteiger partial charge in [0, 0.05) is 13.0 Å². The van der Waals surface area contributed by atoms with E-state index in [-0.39, 0.29) is 25.8 Å². The summed E-state index contributed by atoms with van der Waals surface area (Å²) in [4.78, 5) is 22.8. The third kappa shape index (κ3) is 41.2. The Labute approximate surface area is 326 Å². The molecule has 0 aromatic carbocycles. The smallest absolute Gasteiger partial charge is 0.457 e. The van der Waals surface area contributed by atoms with E-state index in [0.717, 1.165) is 83.5 Å². The molecular weight excluding hydrogens is 685 g/mol. The molecule has 1 N–H and O–H groups in total. The van der Waals surface area contributed by atoms with Crippen LogP contribution in [0, 0.1) is 0 Å². The lowest BCUT2D eigenvalue weighted by Crippen LogP contribution is -2.37. The maximum Gasteiger partial charge on any atom is 0.472 e. The van der Waals surface area contributed by atoms with Gasteiger partial charge in [-0.3, -0.25) is 13.8 Å². The molecule has 0 heterocycles. The van der Waals surface area contributed by atoms with Gasteiger partial charge in [-0.1, -0.05) is 152 Å². The Balaban J connectivity index is 4.29. The summed E-state index contributed by atoms with van der Waals surface area (Å²) >= 11 is 0. The van der Waals surface area contributed by atoms with Crippen molar-refractivity contribution >= 4 is 13.8 Å². The highest BCUT2D eigenvalue weighted by molar-refractivity contribution is 7.47. The van der Waals surface area contributed by atoms with E-state index in [1.54, 1.807) is 0 Å². The van der Waals surface area contributed by atoms with Crippen LogP contribution in [0.4, 0.5) is 0 Å². The van der Waals surface area contributed by atoms with Gasteiger partial charge < -0.3 is 18.9 Å². The van der Waals surface area contributed by atoms with Crippen LogP contribution in [-0.4, -0.2) is 75.6 Å². The number of rotatable bonds is 38. The first-order valence-corrected chi connectivity index (χ1v) is 22.5. The number of nitrogens with zero attached hydrogens (tertiary/aromatic N) is 1. The van der Waals surface area contributed by atoms with Gasteiger partial charge in [0.25, 0.3) is 0 Å². The number of unbranched alkanes of at least 4 members (excludes halogenated alkanes) is 14. The summed E-state index contributed by atoms with van der Waals surface area (Å²) in [6.45, 7) is 5.42. The average Bonchev–Trinajstić information content (AvgIpc) is 3.11. The number of allylic oxidation sites excluding steroid dienone is 10. The van der Waals surface area contributed by atoms with Gasteiger partial charge >= 0.3 is 13.8 Å². The van der Waals surface area contributed by atoms with E-state index in [9.17, 15) is 14.3 Å². The standard InChI is InChI=1S/C44H80NO7P/c1-6-8-10-12-14-16-18-19-20-21-22-23-24-25-26-28-30-32-34-36-39-49-41-43(42-51-53(47,48)50-40-38-45(3,4)5)52-44(46)37-35-33-31-29-27-17-15-13-11-9-7-2/h8,10,14,16,19-20,22-23,25-26,43H,6-7,9,11-13,15,17-18,21,24,27-42H2,1-5H3/p+1/b10-8-,16-14-,20-19-,23-22-,26-25-. The van der Waals surface area contributed by atoms with Crippen LogP contribution in [0.5, 0.6) is 0 Å². The Morgan fingerprint density at radius 1 is 0.604 bits per heavy atom. The summed E-state index contributed by atoms with van der Waals surface area (Å²) in [6, 6.07) is 0. The maximum atomic E-state index is 12.6. The fourth-order valence-electron chi connectivity index (χ4n) is 5.34. The fourth-order valence-corrected chi connectivity index (χ4v) is 6.08. The van der Waals surface area contributed by atoms with Crippen molar-refractivity contribution in [1.82, 2.24) is 0 Å². The molecule has 0 aromatic rings. The van der Waals surface area contributed by atoms with Crippen molar-refractivity contribution in [3.8, 4) is 0 Å². The van der Waals surface area contributed by atoms with E-state index in [0.29, 0.717) is 24.1 Å². The molecule has 0 saturated heterocycles. The first-order chi connectivity index (χ1) is 25.6. The number of likely N-dealkylation sites (N-methyl/N-ethyl adjacent to an activating group) is 1. The molecule has 0 rings (SSSR count). The van der Waals surface area contributed by atoms with Gasteiger partial charge in [0.2, 0.25) is 0 Å². The molecule has 0 saturated carbocycles. The molecule has 2 atom stereocenters. The minimum Gasteiger partial charge on any atom is -0.457 e. The third-order valence-corrected chi connectivity index (χ3v) is 9.58. The fraction of sp³-hybridized carbons (Fsp3) is 0.750. The average molecular weight is 767 g/mol. The van der Waals surface area contributed by atoms with Crippen LogP contribution in [0.1, 0.15) is 155 Å². The normalized spacial score (nSPS) is 14.5. The van der Waals surface area contributed by atoms with Gasteiger partial charge in [0.15, 0.2) is 0 Å². The van der Waals surface area contributed by atoms with Crippen molar-refractivity contribution in [3.63, 3.8) is 0 Å². The summed E-state index contributed by atoms with van der Waals surface area (Å²) in [5.74, 6) is -0.327. The summed E-state index contributed by atoms with van der Waals surface area (Å²) in [7, 11) is 1.64. The van der Waals surface area contributed by atoms with Crippen LogP contribution in [-0.2, 0) is 27.9 Å².